The highest BCUT2D eigenvalue weighted by atomic mass is 32.2. The molecule has 9 nitrogen and oxygen atoms in total. The van der Waals surface area contributed by atoms with Crippen molar-refractivity contribution in [2.24, 2.45) is 0 Å². The molecule has 0 aromatic carbocycles. The Hall–Kier alpha value is -2.74. The molecule has 0 spiro atoms. The average molecular weight is 478 g/mol. The van der Waals surface area contributed by atoms with E-state index in [9.17, 15) is 30.0 Å². The third-order valence-electron chi connectivity index (χ3n) is 4.06. The smallest absolute Gasteiger partial charge is 0.489 e. The zero-order valence-electron chi connectivity index (χ0n) is 16.5. The fourth-order valence-corrected chi connectivity index (χ4v) is 4.34. The number of hydrogen-bond donors (Lipinski definition) is 0. The van der Waals surface area contributed by atoms with Crippen molar-refractivity contribution >= 4 is 25.3 Å². The molecular weight excluding hydrogens is 461 g/mol. The van der Waals surface area contributed by atoms with E-state index in [1.54, 1.807) is 13.8 Å². The Labute approximate surface area is 175 Å². The van der Waals surface area contributed by atoms with Gasteiger partial charge in [0.2, 0.25) is 0 Å². The van der Waals surface area contributed by atoms with Crippen LogP contribution in [0.3, 0.4) is 0 Å². The summed E-state index contributed by atoms with van der Waals surface area (Å²) in [7, 11) is -9.44. The number of hydrogen-bond acceptors (Lipinski definition) is 8. The fourth-order valence-electron chi connectivity index (χ4n) is 2.60. The minimum atomic E-state index is -5.67. The maximum atomic E-state index is 12.8. The summed E-state index contributed by atoms with van der Waals surface area (Å²) in [6.45, 7) is 4.95. The van der Waals surface area contributed by atoms with Crippen LogP contribution in [0.5, 0.6) is 5.75 Å². The van der Waals surface area contributed by atoms with Gasteiger partial charge in [0.05, 0.1) is 22.9 Å². The summed E-state index contributed by atoms with van der Waals surface area (Å²) in [6.07, 6.45) is 3.19. The van der Waals surface area contributed by atoms with E-state index in [0.29, 0.717) is 6.07 Å². The first-order chi connectivity index (χ1) is 14.3. The van der Waals surface area contributed by atoms with Crippen molar-refractivity contribution < 1.29 is 34.7 Å². The number of fused-ring (bicyclic) bond motifs is 1. The van der Waals surface area contributed by atoms with Crippen molar-refractivity contribution in [3.05, 3.63) is 30.9 Å². The van der Waals surface area contributed by atoms with Gasteiger partial charge in [-0.3, -0.25) is 4.40 Å². The van der Waals surface area contributed by atoms with Crippen molar-refractivity contribution in [3.63, 3.8) is 0 Å². The molecule has 0 N–H and O–H groups in total. The summed E-state index contributed by atoms with van der Waals surface area (Å²) in [5.41, 5.74) is -5.76. The highest BCUT2D eigenvalue weighted by Crippen LogP contribution is 2.31. The predicted octanol–water partition coefficient (Wildman–Crippen LogP) is 2.67. The molecule has 168 valence electrons. The first-order valence-corrected chi connectivity index (χ1v) is 12.0. The Morgan fingerprint density at radius 3 is 2.39 bits per heavy atom. The SMILES string of the molecule is CCS(=O)(=O)c1cc(OC(C)C)cnc1-c1cn2cnc(S(=O)(=O)C(F)(F)F)cc2n1. The van der Waals surface area contributed by atoms with Crippen LogP contribution in [-0.4, -0.2) is 53.6 Å². The summed E-state index contributed by atoms with van der Waals surface area (Å²) >= 11 is 0. The van der Waals surface area contributed by atoms with E-state index in [0.717, 1.165) is 10.7 Å². The summed E-state index contributed by atoms with van der Waals surface area (Å²) in [5.74, 6) is -0.0230. The van der Waals surface area contributed by atoms with Gasteiger partial charge in [0.1, 0.15) is 29.1 Å². The second-order valence-corrected chi connectivity index (χ2v) is 10.8. The molecule has 3 rings (SSSR count). The van der Waals surface area contributed by atoms with E-state index >= 15 is 0 Å². The molecular formula is C17H17F3N4O5S2. The number of imidazole rings is 1. The van der Waals surface area contributed by atoms with Crippen molar-refractivity contribution in [2.75, 3.05) is 5.75 Å². The Morgan fingerprint density at radius 1 is 1.13 bits per heavy atom. The van der Waals surface area contributed by atoms with Crippen LogP contribution in [0.15, 0.2) is 40.8 Å². The van der Waals surface area contributed by atoms with Gasteiger partial charge in [0, 0.05) is 18.3 Å². The monoisotopic (exact) mass is 478 g/mol. The lowest BCUT2D eigenvalue weighted by atomic mass is 10.3. The van der Waals surface area contributed by atoms with Crippen LogP contribution in [0.1, 0.15) is 20.8 Å². The van der Waals surface area contributed by atoms with Gasteiger partial charge in [-0.25, -0.2) is 31.8 Å². The van der Waals surface area contributed by atoms with Gasteiger partial charge in [0.15, 0.2) is 14.9 Å². The summed E-state index contributed by atoms with van der Waals surface area (Å²) in [6, 6.07) is 1.94. The molecule has 31 heavy (non-hydrogen) atoms. The molecule has 0 bridgehead atoms. The lowest BCUT2D eigenvalue weighted by Crippen LogP contribution is -2.24. The predicted molar refractivity (Wildman–Crippen MR) is 103 cm³/mol. The molecule has 0 radical (unpaired) electrons. The number of pyridine rings is 1. The van der Waals surface area contributed by atoms with Gasteiger partial charge in [0.25, 0.3) is 9.84 Å². The van der Waals surface area contributed by atoms with Gasteiger partial charge in [-0.2, -0.15) is 13.2 Å². The summed E-state index contributed by atoms with van der Waals surface area (Å²) in [5, 5.41) is -1.22. The molecule has 0 amide bonds. The molecule has 0 unspecified atom stereocenters. The van der Waals surface area contributed by atoms with Gasteiger partial charge in [-0.1, -0.05) is 6.92 Å². The Morgan fingerprint density at radius 2 is 1.81 bits per heavy atom. The molecule has 3 heterocycles. The number of ether oxygens (including phenoxy) is 1. The van der Waals surface area contributed by atoms with E-state index in [2.05, 4.69) is 15.0 Å². The molecule has 0 aliphatic heterocycles. The second kappa shape index (κ2) is 7.75. The second-order valence-electron chi connectivity index (χ2n) is 6.66. The number of sulfone groups is 2. The lowest BCUT2D eigenvalue weighted by Gasteiger charge is -2.12. The number of rotatable bonds is 6. The van der Waals surface area contributed by atoms with Crippen molar-refractivity contribution in [1.29, 1.82) is 0 Å². The third kappa shape index (κ3) is 4.35. The minimum Gasteiger partial charge on any atom is -0.489 e. The molecule has 0 aliphatic rings. The van der Waals surface area contributed by atoms with Crippen LogP contribution in [0.25, 0.3) is 17.0 Å². The maximum Gasteiger partial charge on any atom is 0.503 e. The van der Waals surface area contributed by atoms with Crippen LogP contribution >= 0.6 is 0 Å². The molecule has 0 saturated carbocycles. The number of nitrogens with zero attached hydrogens (tertiary/aromatic N) is 4. The minimum absolute atomic E-state index is 0.00600. The topological polar surface area (TPSA) is 121 Å². The van der Waals surface area contributed by atoms with E-state index in [-0.39, 0.29) is 39.5 Å². The van der Waals surface area contributed by atoms with Gasteiger partial charge < -0.3 is 4.74 Å². The highest BCUT2D eigenvalue weighted by molar-refractivity contribution is 7.92. The fraction of sp³-hybridized carbons (Fsp3) is 0.353. The van der Waals surface area contributed by atoms with Gasteiger partial charge in [-0.15, -0.1) is 0 Å². The highest BCUT2D eigenvalue weighted by Gasteiger charge is 2.48. The van der Waals surface area contributed by atoms with Crippen LogP contribution < -0.4 is 4.74 Å². The third-order valence-corrected chi connectivity index (χ3v) is 7.18. The van der Waals surface area contributed by atoms with Crippen molar-refractivity contribution in [3.8, 4) is 17.1 Å². The lowest BCUT2D eigenvalue weighted by molar-refractivity contribution is -0.0438. The number of aromatic nitrogens is 4. The van der Waals surface area contributed by atoms with Gasteiger partial charge >= 0.3 is 5.51 Å². The largest absolute Gasteiger partial charge is 0.503 e. The number of alkyl halides is 3. The summed E-state index contributed by atoms with van der Waals surface area (Å²) < 4.78 is 93.4. The van der Waals surface area contributed by atoms with Crippen LogP contribution in [0, 0.1) is 0 Å². The average Bonchev–Trinajstić information content (AvgIpc) is 3.09. The zero-order chi connectivity index (χ0) is 23.2. The molecule has 0 fully saturated rings. The van der Waals surface area contributed by atoms with Crippen LogP contribution in [0.2, 0.25) is 0 Å². The van der Waals surface area contributed by atoms with E-state index in [1.807, 2.05) is 0 Å². The molecule has 0 aliphatic carbocycles. The van der Waals surface area contributed by atoms with Gasteiger partial charge in [-0.05, 0) is 13.8 Å². The van der Waals surface area contributed by atoms with Crippen LogP contribution in [-0.2, 0) is 19.7 Å². The van der Waals surface area contributed by atoms with E-state index in [1.165, 1.54) is 25.4 Å². The Balaban J connectivity index is 2.18. The van der Waals surface area contributed by atoms with Crippen molar-refractivity contribution in [1.82, 2.24) is 19.4 Å². The molecule has 14 heteroatoms. The Bertz CT molecular complexity index is 1350. The molecule has 0 atom stereocenters. The standard InChI is InChI=1S/C17H17F3N4O5S2/c1-4-30(25,26)13-5-11(29-10(2)3)7-21-16(13)12-8-24-9-22-15(6-14(24)23-12)31(27,28)17(18,19)20/h5-10H,4H2,1-3H3. The normalized spacial score (nSPS) is 13.1. The summed E-state index contributed by atoms with van der Waals surface area (Å²) in [4.78, 5) is 11.4. The van der Waals surface area contributed by atoms with E-state index < -0.39 is 30.2 Å². The maximum absolute atomic E-state index is 12.8. The molecule has 3 aromatic rings. The first kappa shape index (κ1) is 22.9. The van der Waals surface area contributed by atoms with Crippen LogP contribution in [0.4, 0.5) is 13.2 Å². The Kier molecular flexibility index (Phi) is 5.73. The molecule has 3 aromatic heterocycles. The zero-order valence-corrected chi connectivity index (χ0v) is 18.1. The first-order valence-electron chi connectivity index (χ1n) is 8.82. The quantitative estimate of drug-likeness (QED) is 0.496. The van der Waals surface area contributed by atoms with Crippen molar-refractivity contribution in [2.45, 2.75) is 42.3 Å². The number of halogens is 3. The van der Waals surface area contributed by atoms with E-state index in [4.69, 9.17) is 4.74 Å². The molecule has 0 saturated heterocycles.